The molecule has 254 valence electrons. The lowest BCUT2D eigenvalue weighted by atomic mass is 9.96. The molecule has 0 N–H and O–H groups in total. The van der Waals surface area contributed by atoms with Gasteiger partial charge in [0.1, 0.15) is 0 Å². The number of rotatable bonds is 7. The van der Waals surface area contributed by atoms with Gasteiger partial charge in [-0.2, -0.15) is 0 Å². The molecule has 0 saturated carbocycles. The summed E-state index contributed by atoms with van der Waals surface area (Å²) < 4.78 is 2.44. The number of anilines is 3. The average Bonchev–Trinajstić information content (AvgIpc) is 3.59. The first-order valence-corrected chi connectivity index (χ1v) is 18.5. The van der Waals surface area contributed by atoms with Crippen molar-refractivity contribution < 1.29 is 0 Å². The quantitative estimate of drug-likeness (QED) is 0.162. The Morgan fingerprint density at radius 1 is 0.333 bits per heavy atom. The molecule has 0 spiro atoms. The van der Waals surface area contributed by atoms with Crippen molar-refractivity contribution in [3.63, 3.8) is 0 Å². The summed E-state index contributed by atoms with van der Waals surface area (Å²) in [5.41, 5.74) is 14.0. The Morgan fingerprint density at radius 2 is 0.926 bits per heavy atom. The molecule has 0 aliphatic heterocycles. The van der Waals surface area contributed by atoms with Crippen molar-refractivity contribution in [3.8, 4) is 39.1 Å². The highest BCUT2D eigenvalue weighted by Crippen LogP contribution is 2.46. The summed E-state index contributed by atoms with van der Waals surface area (Å²) in [6.07, 6.45) is 0. The molecule has 0 aliphatic rings. The zero-order valence-corrected chi connectivity index (χ0v) is 29.7. The minimum atomic E-state index is 1.10. The fraction of sp³-hybridized carbons (Fsp3) is 0. The molecule has 2 heteroatoms. The van der Waals surface area contributed by atoms with Gasteiger partial charge in [-0.15, -0.1) is 0 Å². The Hall–Kier alpha value is -7.16. The van der Waals surface area contributed by atoms with Crippen LogP contribution in [0.25, 0.3) is 71.6 Å². The van der Waals surface area contributed by atoms with E-state index in [9.17, 15) is 0 Å². The van der Waals surface area contributed by atoms with Crippen LogP contribution in [0.5, 0.6) is 0 Å². The first kappa shape index (κ1) is 31.6. The van der Waals surface area contributed by atoms with E-state index in [1.165, 1.54) is 66.0 Å². The molecule has 0 saturated heterocycles. The lowest BCUT2D eigenvalue weighted by Gasteiger charge is -2.28. The number of hydrogen-bond acceptors (Lipinski definition) is 1. The van der Waals surface area contributed by atoms with Crippen LogP contribution in [-0.4, -0.2) is 4.57 Å². The van der Waals surface area contributed by atoms with Gasteiger partial charge in [-0.1, -0.05) is 164 Å². The van der Waals surface area contributed by atoms with Gasteiger partial charge in [0.15, 0.2) is 0 Å². The lowest BCUT2D eigenvalue weighted by Crippen LogP contribution is -2.11. The van der Waals surface area contributed by atoms with Crippen LogP contribution >= 0.6 is 0 Å². The lowest BCUT2D eigenvalue weighted by molar-refractivity contribution is 1.18. The van der Waals surface area contributed by atoms with Crippen LogP contribution < -0.4 is 4.90 Å². The standard InChI is InChI=1S/C52H36N2/c1-3-17-39(18-4-1)44-22-9-12-26-48(44)54-50-28-14-11-24-47(50)52-46(25-15-29-51(52)54)45-23-10-13-27-49(45)53(42-20-5-2-6-21-42)43-34-32-38(33-35-43)41-31-30-37-16-7-8-19-40(37)36-41/h1-36H. The van der Waals surface area contributed by atoms with E-state index >= 15 is 0 Å². The second-order valence-electron chi connectivity index (χ2n) is 13.7. The molecular formula is C52H36N2. The van der Waals surface area contributed by atoms with E-state index in [4.69, 9.17) is 0 Å². The summed E-state index contributed by atoms with van der Waals surface area (Å²) in [6, 6.07) is 78.8. The van der Waals surface area contributed by atoms with Crippen molar-refractivity contribution in [3.05, 3.63) is 218 Å². The van der Waals surface area contributed by atoms with Gasteiger partial charge in [0.25, 0.3) is 0 Å². The zero-order chi connectivity index (χ0) is 35.8. The predicted octanol–water partition coefficient (Wildman–Crippen LogP) is 14.4. The molecule has 0 aliphatic carbocycles. The molecule has 1 heterocycles. The maximum atomic E-state index is 2.44. The smallest absolute Gasteiger partial charge is 0.0547 e. The Morgan fingerprint density at radius 3 is 1.76 bits per heavy atom. The molecule has 9 aromatic carbocycles. The number of benzene rings is 9. The van der Waals surface area contributed by atoms with Gasteiger partial charge in [0.05, 0.1) is 22.4 Å². The summed E-state index contributed by atoms with van der Waals surface area (Å²) in [7, 11) is 0. The van der Waals surface area contributed by atoms with E-state index in [0.717, 1.165) is 22.7 Å². The molecule has 0 unspecified atom stereocenters. The van der Waals surface area contributed by atoms with Gasteiger partial charge in [-0.05, 0) is 87.6 Å². The van der Waals surface area contributed by atoms with Crippen molar-refractivity contribution in [1.29, 1.82) is 0 Å². The number of nitrogens with zero attached hydrogens (tertiary/aromatic N) is 2. The van der Waals surface area contributed by atoms with Gasteiger partial charge >= 0.3 is 0 Å². The molecule has 0 radical (unpaired) electrons. The highest BCUT2D eigenvalue weighted by atomic mass is 15.1. The third-order valence-electron chi connectivity index (χ3n) is 10.6. The molecule has 10 rings (SSSR count). The fourth-order valence-corrected chi connectivity index (χ4v) is 8.11. The largest absolute Gasteiger partial charge is 0.310 e. The van der Waals surface area contributed by atoms with Gasteiger partial charge < -0.3 is 9.47 Å². The van der Waals surface area contributed by atoms with Crippen LogP contribution in [0, 0.1) is 0 Å². The van der Waals surface area contributed by atoms with Crippen molar-refractivity contribution in [2.75, 3.05) is 4.90 Å². The summed E-state index contributed by atoms with van der Waals surface area (Å²) in [4.78, 5) is 2.39. The van der Waals surface area contributed by atoms with Crippen molar-refractivity contribution in [2.45, 2.75) is 0 Å². The number of para-hydroxylation sites is 4. The fourth-order valence-electron chi connectivity index (χ4n) is 8.11. The first-order chi connectivity index (χ1) is 26.8. The summed E-state index contributed by atoms with van der Waals surface area (Å²) in [5, 5.41) is 4.97. The van der Waals surface area contributed by atoms with Crippen LogP contribution in [0.15, 0.2) is 218 Å². The molecule has 54 heavy (non-hydrogen) atoms. The second kappa shape index (κ2) is 13.4. The maximum Gasteiger partial charge on any atom is 0.0547 e. The van der Waals surface area contributed by atoms with E-state index in [0.29, 0.717) is 0 Å². The van der Waals surface area contributed by atoms with Gasteiger partial charge in [0.2, 0.25) is 0 Å². The van der Waals surface area contributed by atoms with E-state index in [2.05, 4.69) is 228 Å². The molecule has 0 amide bonds. The maximum absolute atomic E-state index is 2.44. The third kappa shape index (κ3) is 5.44. The number of aromatic nitrogens is 1. The molecule has 2 nitrogen and oxygen atoms in total. The van der Waals surface area contributed by atoms with Crippen LogP contribution in [0.3, 0.4) is 0 Å². The minimum absolute atomic E-state index is 1.10. The zero-order valence-electron chi connectivity index (χ0n) is 29.7. The van der Waals surface area contributed by atoms with Crippen LogP contribution in [-0.2, 0) is 0 Å². The summed E-state index contributed by atoms with van der Waals surface area (Å²) in [5.74, 6) is 0. The molecule has 0 fully saturated rings. The van der Waals surface area contributed by atoms with E-state index in [-0.39, 0.29) is 0 Å². The van der Waals surface area contributed by atoms with Crippen molar-refractivity contribution in [2.24, 2.45) is 0 Å². The summed E-state index contributed by atoms with van der Waals surface area (Å²) in [6.45, 7) is 0. The first-order valence-electron chi connectivity index (χ1n) is 18.5. The Balaban J connectivity index is 1.16. The number of hydrogen-bond donors (Lipinski definition) is 0. The van der Waals surface area contributed by atoms with E-state index < -0.39 is 0 Å². The van der Waals surface area contributed by atoms with Gasteiger partial charge in [0, 0.05) is 33.3 Å². The highest BCUT2D eigenvalue weighted by molar-refractivity contribution is 6.17. The molecule has 1 aromatic heterocycles. The third-order valence-corrected chi connectivity index (χ3v) is 10.6. The average molecular weight is 689 g/mol. The van der Waals surface area contributed by atoms with Crippen molar-refractivity contribution >= 4 is 49.6 Å². The SMILES string of the molecule is c1ccc(-c2ccccc2-n2c3ccccc3c3c(-c4ccccc4N(c4ccccc4)c4ccc(-c5ccc6ccccc6c5)cc4)cccc32)cc1. The molecule has 0 bridgehead atoms. The van der Waals surface area contributed by atoms with Gasteiger partial charge in [-0.3, -0.25) is 0 Å². The van der Waals surface area contributed by atoms with Crippen LogP contribution in [0.2, 0.25) is 0 Å². The summed E-state index contributed by atoms with van der Waals surface area (Å²) >= 11 is 0. The molecule has 0 atom stereocenters. The van der Waals surface area contributed by atoms with Crippen molar-refractivity contribution in [1.82, 2.24) is 4.57 Å². The van der Waals surface area contributed by atoms with E-state index in [1.54, 1.807) is 0 Å². The minimum Gasteiger partial charge on any atom is -0.310 e. The molecular weight excluding hydrogens is 653 g/mol. The Kier molecular flexibility index (Phi) is 7.85. The predicted molar refractivity (Wildman–Crippen MR) is 229 cm³/mol. The van der Waals surface area contributed by atoms with E-state index in [1.807, 2.05) is 0 Å². The second-order valence-corrected chi connectivity index (χ2v) is 13.7. The monoisotopic (exact) mass is 688 g/mol. The van der Waals surface area contributed by atoms with Crippen LogP contribution in [0.1, 0.15) is 0 Å². The highest BCUT2D eigenvalue weighted by Gasteiger charge is 2.22. The Labute approximate surface area is 315 Å². The Bertz CT molecular complexity index is 2920. The van der Waals surface area contributed by atoms with Gasteiger partial charge in [-0.25, -0.2) is 0 Å². The van der Waals surface area contributed by atoms with Crippen LogP contribution in [0.4, 0.5) is 17.1 Å². The topological polar surface area (TPSA) is 8.17 Å². The molecule has 10 aromatic rings. The normalized spacial score (nSPS) is 11.3. The number of fused-ring (bicyclic) bond motifs is 4.